The van der Waals surface area contributed by atoms with Crippen LogP contribution in [0.3, 0.4) is 0 Å². The fourth-order valence-electron chi connectivity index (χ4n) is 2.33. The van der Waals surface area contributed by atoms with Crippen LogP contribution in [-0.2, 0) is 21.4 Å². The van der Waals surface area contributed by atoms with E-state index in [1.807, 2.05) is 12.3 Å². The lowest BCUT2D eigenvalue weighted by Crippen LogP contribution is -2.45. The van der Waals surface area contributed by atoms with Crippen LogP contribution >= 0.6 is 11.3 Å². The molecule has 21 heavy (non-hydrogen) atoms. The van der Waals surface area contributed by atoms with Crippen LogP contribution in [0, 0.1) is 12.7 Å². The lowest BCUT2D eigenvalue weighted by atomic mass is 9.76. The molecule has 112 valence electrons. The first-order valence-corrected chi connectivity index (χ1v) is 7.35. The Labute approximate surface area is 126 Å². The molecule has 4 nitrogen and oxygen atoms in total. The number of aromatic nitrogens is 1. The lowest BCUT2D eigenvalue weighted by Gasteiger charge is -2.29. The van der Waals surface area contributed by atoms with Crippen LogP contribution in [0.15, 0.2) is 29.6 Å². The molecule has 0 radical (unpaired) electrons. The Morgan fingerprint density at radius 2 is 2.10 bits per heavy atom. The highest BCUT2D eigenvalue weighted by Crippen LogP contribution is 2.30. The van der Waals surface area contributed by atoms with Crippen molar-refractivity contribution in [1.82, 2.24) is 4.98 Å². The van der Waals surface area contributed by atoms with Gasteiger partial charge in [-0.15, -0.1) is 11.3 Å². The first-order valence-electron chi connectivity index (χ1n) is 6.47. The molecule has 1 unspecified atom stereocenters. The number of hydrogen-bond donors (Lipinski definition) is 1. The highest BCUT2D eigenvalue weighted by molar-refractivity contribution is 7.09. The predicted molar refractivity (Wildman–Crippen MR) is 79.7 cm³/mol. The van der Waals surface area contributed by atoms with Crippen molar-refractivity contribution < 1.29 is 13.9 Å². The Bertz CT molecular complexity index is 627. The molecular weight excluding hydrogens is 291 g/mol. The van der Waals surface area contributed by atoms with Gasteiger partial charge in [0, 0.05) is 18.3 Å². The van der Waals surface area contributed by atoms with Gasteiger partial charge in [-0.05, 0) is 24.6 Å². The number of carbonyl (C=O) groups is 1. The zero-order chi connectivity index (χ0) is 15.5. The summed E-state index contributed by atoms with van der Waals surface area (Å²) < 4.78 is 18.1. The van der Waals surface area contributed by atoms with E-state index in [1.54, 1.807) is 12.1 Å². The maximum Gasteiger partial charge on any atom is 0.317 e. The van der Waals surface area contributed by atoms with Gasteiger partial charge in [-0.25, -0.2) is 9.37 Å². The maximum atomic E-state index is 13.1. The second kappa shape index (κ2) is 6.32. The van der Waals surface area contributed by atoms with E-state index in [1.165, 1.54) is 30.6 Å². The van der Waals surface area contributed by atoms with Crippen molar-refractivity contribution in [2.24, 2.45) is 5.73 Å². The molecule has 0 aliphatic heterocycles. The summed E-state index contributed by atoms with van der Waals surface area (Å²) in [5.74, 6) is -0.804. The smallest absolute Gasteiger partial charge is 0.317 e. The standard InChI is InChI=1S/C15H17FN2O2S/c1-10-18-13(8-21-10)7-15(9-17,14(19)20-2)11-3-5-12(16)6-4-11/h3-6,8H,7,9,17H2,1-2H3. The first-order chi connectivity index (χ1) is 10.0. The molecule has 1 heterocycles. The van der Waals surface area contributed by atoms with Crippen LogP contribution in [0.2, 0.25) is 0 Å². The number of carbonyl (C=O) groups excluding carboxylic acids is 1. The van der Waals surface area contributed by atoms with Crippen LogP contribution in [0.1, 0.15) is 16.3 Å². The van der Waals surface area contributed by atoms with Crippen molar-refractivity contribution >= 4 is 17.3 Å². The Morgan fingerprint density at radius 1 is 1.43 bits per heavy atom. The van der Waals surface area contributed by atoms with Gasteiger partial charge in [-0.3, -0.25) is 4.79 Å². The van der Waals surface area contributed by atoms with Gasteiger partial charge in [0.15, 0.2) is 0 Å². The number of methoxy groups -OCH3 is 1. The van der Waals surface area contributed by atoms with Gasteiger partial charge < -0.3 is 10.5 Å². The van der Waals surface area contributed by atoms with Crippen LogP contribution in [-0.4, -0.2) is 24.6 Å². The summed E-state index contributed by atoms with van der Waals surface area (Å²) in [7, 11) is 1.32. The van der Waals surface area contributed by atoms with Crippen molar-refractivity contribution in [3.05, 3.63) is 51.7 Å². The van der Waals surface area contributed by atoms with Crippen LogP contribution in [0.25, 0.3) is 0 Å². The number of ether oxygens (including phenoxy) is 1. The second-order valence-electron chi connectivity index (χ2n) is 4.82. The van der Waals surface area contributed by atoms with E-state index >= 15 is 0 Å². The molecule has 6 heteroatoms. The molecule has 0 aliphatic rings. The summed E-state index contributed by atoms with van der Waals surface area (Å²) in [6.07, 6.45) is 0.326. The van der Waals surface area contributed by atoms with Crippen molar-refractivity contribution in [3.63, 3.8) is 0 Å². The summed E-state index contributed by atoms with van der Waals surface area (Å²) in [4.78, 5) is 16.7. The van der Waals surface area contributed by atoms with Crippen LogP contribution < -0.4 is 5.73 Å². The molecule has 0 fully saturated rings. The van der Waals surface area contributed by atoms with Gasteiger partial charge in [-0.2, -0.15) is 0 Å². The van der Waals surface area contributed by atoms with E-state index < -0.39 is 11.4 Å². The summed E-state index contributed by atoms with van der Waals surface area (Å²) in [6, 6.07) is 5.76. The summed E-state index contributed by atoms with van der Waals surface area (Å²) in [5, 5.41) is 2.81. The van der Waals surface area contributed by atoms with Gasteiger partial charge in [0.1, 0.15) is 11.2 Å². The number of nitrogens with two attached hydrogens (primary N) is 1. The molecule has 0 amide bonds. The fourth-order valence-corrected chi connectivity index (χ4v) is 2.94. The predicted octanol–water partition coefficient (Wildman–Crippen LogP) is 2.20. The molecule has 1 atom stereocenters. The third kappa shape index (κ3) is 3.11. The minimum Gasteiger partial charge on any atom is -0.468 e. The monoisotopic (exact) mass is 308 g/mol. The number of aryl methyl sites for hydroxylation is 1. The zero-order valence-corrected chi connectivity index (χ0v) is 12.7. The van der Waals surface area contributed by atoms with Gasteiger partial charge in [-0.1, -0.05) is 12.1 Å². The van der Waals surface area contributed by atoms with E-state index in [4.69, 9.17) is 10.5 Å². The van der Waals surface area contributed by atoms with Crippen molar-refractivity contribution in [2.75, 3.05) is 13.7 Å². The molecular formula is C15H17FN2O2S. The Balaban J connectivity index is 2.47. The van der Waals surface area contributed by atoms with Gasteiger partial charge in [0.05, 0.1) is 17.8 Å². The molecule has 2 rings (SSSR count). The first kappa shape index (κ1) is 15.6. The number of nitrogens with zero attached hydrogens (tertiary/aromatic N) is 1. The van der Waals surface area contributed by atoms with E-state index in [0.717, 1.165) is 10.7 Å². The molecule has 1 aromatic carbocycles. The van der Waals surface area contributed by atoms with E-state index in [2.05, 4.69) is 4.98 Å². The van der Waals surface area contributed by atoms with Gasteiger partial charge in [0.2, 0.25) is 0 Å². The van der Waals surface area contributed by atoms with E-state index in [-0.39, 0.29) is 12.4 Å². The van der Waals surface area contributed by atoms with Crippen molar-refractivity contribution in [2.45, 2.75) is 18.8 Å². The number of rotatable bonds is 5. The number of esters is 1. The average molecular weight is 308 g/mol. The number of hydrogen-bond acceptors (Lipinski definition) is 5. The molecule has 0 saturated heterocycles. The maximum absolute atomic E-state index is 13.1. The Hall–Kier alpha value is -1.79. The molecule has 2 N–H and O–H groups in total. The minimum absolute atomic E-state index is 0.0574. The van der Waals surface area contributed by atoms with E-state index in [0.29, 0.717) is 12.0 Å². The zero-order valence-electron chi connectivity index (χ0n) is 11.9. The number of benzene rings is 1. The summed E-state index contributed by atoms with van der Waals surface area (Å²) in [5.41, 5.74) is 6.24. The molecule has 2 aromatic rings. The van der Waals surface area contributed by atoms with E-state index in [9.17, 15) is 9.18 Å². The molecule has 1 aromatic heterocycles. The second-order valence-corrected chi connectivity index (χ2v) is 5.88. The fraction of sp³-hybridized carbons (Fsp3) is 0.333. The molecule has 0 saturated carbocycles. The average Bonchev–Trinajstić information content (AvgIpc) is 2.90. The van der Waals surface area contributed by atoms with Crippen LogP contribution in [0.4, 0.5) is 4.39 Å². The Morgan fingerprint density at radius 3 is 2.57 bits per heavy atom. The normalized spacial score (nSPS) is 13.7. The van der Waals surface area contributed by atoms with Gasteiger partial charge >= 0.3 is 5.97 Å². The Kier molecular flexibility index (Phi) is 4.69. The third-order valence-electron chi connectivity index (χ3n) is 3.47. The topological polar surface area (TPSA) is 65.2 Å². The highest BCUT2D eigenvalue weighted by Gasteiger charge is 2.41. The van der Waals surface area contributed by atoms with Crippen LogP contribution in [0.5, 0.6) is 0 Å². The minimum atomic E-state index is -1.05. The highest BCUT2D eigenvalue weighted by atomic mass is 32.1. The third-order valence-corrected chi connectivity index (χ3v) is 4.29. The molecule has 0 bridgehead atoms. The summed E-state index contributed by atoms with van der Waals surface area (Å²) >= 11 is 1.51. The lowest BCUT2D eigenvalue weighted by molar-refractivity contribution is -0.147. The quantitative estimate of drug-likeness (QED) is 0.860. The molecule has 0 aliphatic carbocycles. The SMILES string of the molecule is COC(=O)C(CN)(Cc1csc(C)n1)c1ccc(F)cc1. The molecule has 0 spiro atoms. The summed E-state index contributed by atoms with van der Waals surface area (Å²) in [6.45, 7) is 1.95. The van der Waals surface area contributed by atoms with Gasteiger partial charge in [0.25, 0.3) is 0 Å². The largest absolute Gasteiger partial charge is 0.468 e. The number of halogens is 1. The van der Waals surface area contributed by atoms with Crippen molar-refractivity contribution in [1.29, 1.82) is 0 Å². The van der Waals surface area contributed by atoms with Crippen molar-refractivity contribution in [3.8, 4) is 0 Å². The number of thiazole rings is 1.